The molecule has 0 saturated heterocycles. The van der Waals surface area contributed by atoms with E-state index in [9.17, 15) is 86.4 Å². The number of carbonyl (C=O) groups excluding carboxylic acids is 7. The lowest BCUT2D eigenvalue weighted by Gasteiger charge is -2.37. The van der Waals surface area contributed by atoms with Gasteiger partial charge in [0.15, 0.2) is 16.8 Å². The highest BCUT2D eigenvalue weighted by molar-refractivity contribution is 7.85. The summed E-state index contributed by atoms with van der Waals surface area (Å²) in [6.45, 7) is 16.6. The van der Waals surface area contributed by atoms with Crippen molar-refractivity contribution >= 4 is 183 Å². The van der Waals surface area contributed by atoms with Crippen LogP contribution in [0.1, 0.15) is 107 Å². The molecule has 0 radical (unpaired) electrons. The molecule has 137 heavy (non-hydrogen) atoms. The first kappa shape index (κ1) is 105. The van der Waals surface area contributed by atoms with Crippen LogP contribution in [0.25, 0.3) is 65.4 Å². The van der Waals surface area contributed by atoms with Gasteiger partial charge in [0.1, 0.15) is 74.4 Å². The zero-order valence-corrected chi connectivity index (χ0v) is 77.9. The van der Waals surface area contributed by atoms with Crippen LogP contribution in [0.3, 0.4) is 0 Å². The number of hydrogen-bond acceptors (Lipinski definition) is 27. The van der Waals surface area contributed by atoms with Crippen molar-refractivity contribution in [3.8, 4) is 74.4 Å². The van der Waals surface area contributed by atoms with Crippen LogP contribution in [0.4, 0.5) is 4.48 Å². The van der Waals surface area contributed by atoms with Gasteiger partial charge in [-0.15, -0.1) is 0 Å². The smallest absolute Gasteiger partial charge is 0.508 e. The van der Waals surface area contributed by atoms with E-state index in [0.717, 1.165) is 50.5 Å². The van der Waals surface area contributed by atoms with Gasteiger partial charge in [0.2, 0.25) is 5.24 Å². The minimum absolute atomic E-state index is 0.0135. The second-order valence-electron chi connectivity index (χ2n) is 28.8. The van der Waals surface area contributed by atoms with Crippen LogP contribution in [0.2, 0.25) is 0 Å². The summed E-state index contributed by atoms with van der Waals surface area (Å²) < 4.78 is 71.3. The standard InChI is InChI=1S/C31H20O7.C25H16O5.C15H12O5.C10H8O2.C8H4O3.C7H8O2.C3H3ClO.CH4O3S.Al.3ClH.FNS/c1-4-26(32)35-19-11-12-20-18(16-19)10-13-24-29(20)37-28-17(3)25(36-27(33)5-2)15-14-23(28)31(24)22-9-7-6-8-21(22)30(34)38-31;1-13-21(27)11-10-19-22(17-4-2-3-5-18(17)25(28)29)20-8-6-14-12-15(26)7-9-16(14)24(20)30-23(13)19;1-8-12(16)7-6-11(13(8)17)14(18)9-4-2-3-5-10(9)15(19)20;11-8-4-5-9-7(6-8)2-1-3-10(9)12;9-7-5-3-1-2-4-6(5)8(10)11-7;1-5-6(8)3-2-4-7(5)9;1-2-3(4)5;1-5(2,3)4;;;;;1-2-3/h4-16H,1-2H2,3H3;2-12,27H,1H3,(H,28,29);2-7,16-17H,1H3,(H,19,20);1-6,11-12H;1-4H;2-4,8-9H,1H3;2H,1H2;1H3,(H,2,3,4);;3*1H;/q;;;;;;;;+3;;;;/p-3. The molecule has 3 aliphatic rings. The maximum absolute atomic E-state index is 13.1. The Kier molecular flexibility index (Phi) is 35.9. The van der Waals surface area contributed by atoms with E-state index in [2.05, 4.69) is 36.9 Å². The molecule has 10 N–H and O–H groups in total. The van der Waals surface area contributed by atoms with Gasteiger partial charge in [-0.2, -0.15) is 8.42 Å². The molecule has 1 atom stereocenters. The largest absolute Gasteiger partial charge is 0.643 e. The van der Waals surface area contributed by atoms with E-state index in [0.29, 0.717) is 112 Å². The molecule has 1 aromatic heterocycles. The van der Waals surface area contributed by atoms with Crippen molar-refractivity contribution in [2.45, 2.75) is 33.3 Å². The number of allylic oxidation sites excluding steroid dienone is 1. The molecular formula is C100H75AlCl4FNO28S2. The van der Waals surface area contributed by atoms with E-state index in [4.69, 9.17) is 90.1 Å². The number of ether oxygens (including phenoxy) is 5. The maximum atomic E-state index is 13.1. The number of aromatic carboxylic acids is 2. The lowest BCUT2D eigenvalue weighted by Crippen LogP contribution is -2.33. The van der Waals surface area contributed by atoms with Crippen molar-refractivity contribution in [2.75, 3.05) is 6.26 Å². The van der Waals surface area contributed by atoms with Crippen molar-refractivity contribution in [2.24, 2.45) is 4.58 Å². The predicted molar refractivity (Wildman–Crippen MR) is 517 cm³/mol. The number of hydrogen-bond donors (Lipinski definition) is 10. The third-order valence-corrected chi connectivity index (χ3v) is 20.3. The second kappa shape index (κ2) is 46.8. The molecule has 1 unspecified atom stereocenters. The van der Waals surface area contributed by atoms with Crippen molar-refractivity contribution in [1.29, 1.82) is 0 Å². The lowest BCUT2D eigenvalue weighted by atomic mass is 9.76. The normalized spacial score (nSPS) is 12.2. The summed E-state index contributed by atoms with van der Waals surface area (Å²) in [6.07, 6.45) is 3.93. The van der Waals surface area contributed by atoms with Gasteiger partial charge in [0.25, 0.3) is 10.1 Å². The average molecular weight is 1990 g/mol. The van der Waals surface area contributed by atoms with Gasteiger partial charge >= 0.3 is 53.2 Å². The quantitative estimate of drug-likeness (QED) is 0.00581. The van der Waals surface area contributed by atoms with Crippen molar-refractivity contribution < 1.29 is 135 Å². The summed E-state index contributed by atoms with van der Waals surface area (Å²) >= 11 is 6.33. The number of fused-ring (bicyclic) bond motifs is 14. The zero-order chi connectivity index (χ0) is 101. The lowest BCUT2D eigenvalue weighted by molar-refractivity contribution is -0.129. The van der Waals surface area contributed by atoms with Gasteiger partial charge in [0, 0.05) is 89.2 Å². The van der Waals surface area contributed by atoms with Gasteiger partial charge in [-0.3, -0.25) is 18.9 Å². The first-order chi connectivity index (χ1) is 64.9. The number of aryl methyl sites for hydroxylation is 1. The minimum Gasteiger partial charge on any atom is -0.508 e. The molecule has 698 valence electrons. The molecule has 0 saturated carbocycles. The fraction of sp³-hybridized carbons (Fsp3) is 0.0600. The molecule has 14 aromatic carbocycles. The SMILES string of the molecule is C=CC(=O)Cl.C=CC(=O)Oc1ccc2c3c(ccc2c1)C1(OC(=O)c2ccccc21)c1ccc(OC(=O)C=C)c(C)c1O3.CS(=O)(=O)O.Cc1c(O)ccc(C(=O)c2ccccc2C(=O)O)c1O.Cc1c(O)ccc2c(-c3ccccc3C(=O)O)c3ccc4cc(=O)ccc4c3oc12.Cc1c(O)cccc1O.FN=S.O=C1OC(=O)c2ccccc21.Oc1ccc2c(O)cccc2c1.[Cl][Al]([Cl])[Cl]. The summed E-state index contributed by atoms with van der Waals surface area (Å²) in [5.74, 6) is -3.74. The van der Waals surface area contributed by atoms with Crippen LogP contribution in [0.15, 0.2) is 300 Å². The Morgan fingerprint density at radius 1 is 0.453 bits per heavy atom. The molecule has 29 nitrogen and oxygen atoms in total. The van der Waals surface area contributed by atoms with E-state index in [1.54, 1.807) is 177 Å². The molecule has 0 fully saturated rings. The topological polar surface area (TPSA) is 479 Å². The number of ketones is 1. The third kappa shape index (κ3) is 25.4. The molecule has 4 heterocycles. The first-order valence-corrected chi connectivity index (χ1v) is 47.4. The fourth-order valence-corrected chi connectivity index (χ4v) is 13.9. The maximum Gasteiger partial charge on any atom is 0.643 e. The Balaban J connectivity index is 0.000000188. The summed E-state index contributed by atoms with van der Waals surface area (Å²) in [6, 6.07) is 67.6. The molecule has 1 spiro atoms. The van der Waals surface area contributed by atoms with E-state index in [1.807, 2.05) is 42.5 Å². The van der Waals surface area contributed by atoms with Crippen LogP contribution in [0.5, 0.6) is 63.2 Å². The van der Waals surface area contributed by atoms with Gasteiger partial charge < -0.3 is 74.1 Å². The van der Waals surface area contributed by atoms with E-state index in [-0.39, 0.29) is 73.5 Å². The number of phenolic OH excluding ortho intramolecular Hbond substituents is 7. The molecule has 18 rings (SSSR count). The molecule has 37 heteroatoms. The molecule has 0 aliphatic carbocycles. The summed E-state index contributed by atoms with van der Waals surface area (Å²) in [4.78, 5) is 115. The van der Waals surface area contributed by atoms with E-state index >= 15 is 0 Å². The Bertz CT molecular complexity index is 7480. The number of carbonyl (C=O) groups is 9. The predicted octanol–water partition coefficient (Wildman–Crippen LogP) is 21.1. The van der Waals surface area contributed by atoms with Gasteiger partial charge in [0.05, 0.1) is 52.1 Å². The monoisotopic (exact) mass is 1990 g/mol. The molecule has 0 bridgehead atoms. The molecule has 15 aromatic rings. The van der Waals surface area contributed by atoms with Gasteiger partial charge in [-0.1, -0.05) is 121 Å². The number of carboxylic acid groups (broad SMARTS) is 2. The molecular weight excluding hydrogens is 1920 g/mol. The average Bonchev–Trinajstić information content (AvgIpc) is 1.58. The third-order valence-electron chi connectivity index (χ3n) is 20.2. The number of phenols is 7. The first-order valence-electron chi connectivity index (χ1n) is 39.5. The summed E-state index contributed by atoms with van der Waals surface area (Å²) in [5.41, 5.74) is 5.76. The number of carboxylic acids is 2. The molecule has 0 amide bonds. The van der Waals surface area contributed by atoms with Crippen LogP contribution in [-0.2, 0) is 52.0 Å². The van der Waals surface area contributed by atoms with Gasteiger partial charge in [-0.25, -0.2) is 63.7 Å². The fourth-order valence-electron chi connectivity index (χ4n) is 13.9. The Morgan fingerprint density at radius 2 is 0.912 bits per heavy atom. The number of halogens is 5. The zero-order valence-electron chi connectivity index (χ0n) is 72.1. The highest BCUT2D eigenvalue weighted by Gasteiger charge is 2.54. The van der Waals surface area contributed by atoms with Crippen LogP contribution >= 0.6 is 41.7 Å². The number of rotatable bonds is 10. The highest BCUT2D eigenvalue weighted by atomic mass is 35.8. The van der Waals surface area contributed by atoms with Crippen molar-refractivity contribution in [3.63, 3.8) is 0 Å². The Labute approximate surface area is 805 Å². The van der Waals surface area contributed by atoms with E-state index < -0.39 is 79.9 Å². The van der Waals surface area contributed by atoms with Crippen LogP contribution in [0, 0.1) is 27.7 Å². The number of cyclic esters (lactones) is 2. The minimum atomic E-state index is -3.67. The summed E-state index contributed by atoms with van der Waals surface area (Å²) in [5, 5.41) is 90.3. The Hall–Kier alpha value is -15.7. The van der Waals surface area contributed by atoms with Crippen LogP contribution in [-0.4, -0.2) is 129 Å². The van der Waals surface area contributed by atoms with Crippen molar-refractivity contribution in [3.05, 3.63) is 375 Å². The second-order valence-corrected chi connectivity index (χ2v) is 37.2. The van der Waals surface area contributed by atoms with Gasteiger partial charge in [-0.05, 0) is 223 Å². The van der Waals surface area contributed by atoms with Crippen molar-refractivity contribution in [1.82, 2.24) is 0 Å². The number of nitrogens with zero attached hydrogens (tertiary/aromatic N) is 1. The molecule has 3 aliphatic heterocycles. The Morgan fingerprint density at radius 3 is 1.50 bits per heavy atom. The number of benzene rings is 14. The number of esters is 5. The highest BCUT2D eigenvalue weighted by Crippen LogP contribution is 2.59. The van der Waals surface area contributed by atoms with E-state index in [1.165, 1.54) is 61.5 Å². The number of aromatic hydroxyl groups is 7. The summed E-state index contributed by atoms with van der Waals surface area (Å²) in [7, 11) is 11.2. The van der Waals surface area contributed by atoms with Crippen LogP contribution < -0.4 is 19.6 Å².